The van der Waals surface area contributed by atoms with Crippen molar-refractivity contribution < 1.29 is 14.9 Å². The molecule has 5 rings (SSSR count). The predicted molar refractivity (Wildman–Crippen MR) is 108 cm³/mol. The van der Waals surface area contributed by atoms with Gasteiger partial charge in [0.15, 0.2) is 0 Å². The van der Waals surface area contributed by atoms with Crippen LogP contribution in [0.15, 0.2) is 43.0 Å². The Kier molecular flexibility index (Phi) is 4.78. The largest absolute Gasteiger partial charge is 0.494 e. The Morgan fingerprint density at radius 3 is 2.83 bits per heavy atom. The number of benzene rings is 1. The van der Waals surface area contributed by atoms with Gasteiger partial charge in [-0.15, -0.1) is 16.4 Å². The van der Waals surface area contributed by atoms with Crippen molar-refractivity contribution in [1.82, 2.24) is 24.4 Å². The molecule has 150 valence electrons. The molecule has 1 aromatic carbocycles. The molecule has 2 N–H and O–H groups in total. The normalized spacial score (nSPS) is 15.1. The molecule has 1 atom stereocenters. The zero-order valence-corrected chi connectivity index (χ0v) is 16.5. The molecule has 4 aromatic rings. The quantitative estimate of drug-likeness (QED) is 0.433. The highest BCUT2D eigenvalue weighted by atomic mass is 32.1. The van der Waals surface area contributed by atoms with Crippen LogP contribution in [-0.4, -0.2) is 47.8 Å². The molecule has 1 aliphatic rings. The van der Waals surface area contributed by atoms with E-state index in [0.29, 0.717) is 24.6 Å². The summed E-state index contributed by atoms with van der Waals surface area (Å²) in [5.41, 5.74) is 2.18. The summed E-state index contributed by atoms with van der Waals surface area (Å²) >= 11 is 1.69. The molecule has 3 heterocycles. The molecule has 0 radical (unpaired) electrons. The van der Waals surface area contributed by atoms with Crippen molar-refractivity contribution in [2.24, 2.45) is 0 Å². The molecule has 3 aromatic heterocycles. The van der Waals surface area contributed by atoms with Crippen LogP contribution >= 0.6 is 11.3 Å². The summed E-state index contributed by atoms with van der Waals surface area (Å²) < 4.78 is 9.15. The SMILES string of the molecule is OCCCOc1ccc(-n2cc([C@H](O)c3c(C4CC4)sc4cncn34)nn2)cc1. The highest BCUT2D eigenvalue weighted by Gasteiger charge is 2.33. The van der Waals surface area contributed by atoms with Crippen LogP contribution in [0.4, 0.5) is 0 Å². The van der Waals surface area contributed by atoms with E-state index in [1.165, 1.54) is 4.88 Å². The standard InChI is InChI=1S/C20H21N5O3S/c26-8-1-9-28-15-6-4-14(5-7-15)25-11-16(22-23-25)19(27)18-20(13-2-3-13)29-17-10-21-12-24(17)18/h4-7,10-13,19,26-27H,1-3,8-9H2/t19-/m0/s1. The van der Waals surface area contributed by atoms with Gasteiger partial charge in [0, 0.05) is 17.9 Å². The van der Waals surface area contributed by atoms with Crippen LogP contribution in [0.5, 0.6) is 5.75 Å². The molecule has 1 aliphatic carbocycles. The van der Waals surface area contributed by atoms with Crippen molar-refractivity contribution in [2.75, 3.05) is 13.2 Å². The molecule has 9 heteroatoms. The first-order valence-corrected chi connectivity index (χ1v) is 10.5. The van der Waals surface area contributed by atoms with Crippen LogP contribution in [0.1, 0.15) is 47.5 Å². The van der Waals surface area contributed by atoms with E-state index in [1.54, 1.807) is 28.5 Å². The van der Waals surface area contributed by atoms with Gasteiger partial charge in [0.05, 0.1) is 30.4 Å². The molecular formula is C20H21N5O3S. The smallest absolute Gasteiger partial charge is 0.141 e. The van der Waals surface area contributed by atoms with Gasteiger partial charge in [0.25, 0.3) is 0 Å². The summed E-state index contributed by atoms with van der Waals surface area (Å²) in [7, 11) is 0. The molecule has 1 saturated carbocycles. The average Bonchev–Trinajstić information content (AvgIpc) is 3.15. The van der Waals surface area contributed by atoms with Gasteiger partial charge >= 0.3 is 0 Å². The van der Waals surface area contributed by atoms with E-state index in [1.807, 2.05) is 34.9 Å². The molecule has 0 aliphatic heterocycles. The van der Waals surface area contributed by atoms with Gasteiger partial charge in [0.1, 0.15) is 28.7 Å². The lowest BCUT2D eigenvalue weighted by atomic mass is 10.1. The number of hydrogen-bond acceptors (Lipinski definition) is 7. The first kappa shape index (κ1) is 18.3. The molecule has 8 nitrogen and oxygen atoms in total. The second kappa shape index (κ2) is 7.58. The van der Waals surface area contributed by atoms with Gasteiger partial charge in [0.2, 0.25) is 0 Å². The zero-order valence-electron chi connectivity index (χ0n) is 15.7. The van der Waals surface area contributed by atoms with E-state index >= 15 is 0 Å². The lowest BCUT2D eigenvalue weighted by molar-refractivity contribution is 0.208. The molecule has 1 fully saturated rings. The fourth-order valence-corrected chi connectivity index (χ4v) is 4.65. The molecule has 0 saturated heterocycles. The van der Waals surface area contributed by atoms with Gasteiger partial charge in [-0.1, -0.05) is 5.21 Å². The minimum atomic E-state index is -0.858. The van der Waals surface area contributed by atoms with E-state index in [2.05, 4.69) is 15.3 Å². The van der Waals surface area contributed by atoms with E-state index in [4.69, 9.17) is 9.84 Å². The number of aliphatic hydroxyl groups is 2. The Bertz CT molecular complexity index is 1110. The van der Waals surface area contributed by atoms with E-state index in [9.17, 15) is 5.11 Å². The summed E-state index contributed by atoms with van der Waals surface area (Å²) in [5.74, 6) is 1.26. The number of rotatable bonds is 8. The van der Waals surface area contributed by atoms with Crippen LogP contribution in [0.25, 0.3) is 10.5 Å². The number of aliphatic hydroxyl groups excluding tert-OH is 2. The van der Waals surface area contributed by atoms with Crippen molar-refractivity contribution in [3.63, 3.8) is 0 Å². The van der Waals surface area contributed by atoms with Gasteiger partial charge in [-0.3, -0.25) is 4.40 Å². The fourth-order valence-electron chi connectivity index (χ4n) is 3.35. The lowest BCUT2D eigenvalue weighted by Gasteiger charge is -2.09. The van der Waals surface area contributed by atoms with Crippen molar-refractivity contribution in [3.8, 4) is 11.4 Å². The molecule has 0 bridgehead atoms. The van der Waals surface area contributed by atoms with Crippen LogP contribution in [0.3, 0.4) is 0 Å². The van der Waals surface area contributed by atoms with E-state index in [-0.39, 0.29) is 6.61 Å². The van der Waals surface area contributed by atoms with Crippen molar-refractivity contribution in [1.29, 1.82) is 0 Å². The van der Waals surface area contributed by atoms with Gasteiger partial charge in [-0.2, -0.15) is 0 Å². The Labute approximate surface area is 171 Å². The Balaban J connectivity index is 1.39. The third kappa shape index (κ3) is 3.52. The van der Waals surface area contributed by atoms with E-state index < -0.39 is 6.10 Å². The summed E-state index contributed by atoms with van der Waals surface area (Å²) in [6.07, 6.45) is 7.39. The van der Waals surface area contributed by atoms with Crippen LogP contribution in [0, 0.1) is 0 Å². The first-order chi connectivity index (χ1) is 14.2. The molecule has 29 heavy (non-hydrogen) atoms. The number of imidazole rings is 1. The van der Waals surface area contributed by atoms with E-state index in [0.717, 1.165) is 34.8 Å². The van der Waals surface area contributed by atoms with Crippen molar-refractivity contribution >= 4 is 16.2 Å². The monoisotopic (exact) mass is 411 g/mol. The van der Waals surface area contributed by atoms with Gasteiger partial charge in [-0.05, 0) is 43.0 Å². The average molecular weight is 411 g/mol. The summed E-state index contributed by atoms with van der Waals surface area (Å²) in [4.78, 5) is 6.45. The number of fused-ring (bicyclic) bond motifs is 1. The maximum absolute atomic E-state index is 11.1. The van der Waals surface area contributed by atoms with Crippen LogP contribution < -0.4 is 4.74 Å². The number of thiazole rings is 1. The van der Waals surface area contributed by atoms with Crippen molar-refractivity contribution in [2.45, 2.75) is 31.3 Å². The zero-order chi connectivity index (χ0) is 19.8. The maximum atomic E-state index is 11.1. The molecule has 0 unspecified atom stereocenters. The second-order valence-electron chi connectivity index (χ2n) is 7.14. The maximum Gasteiger partial charge on any atom is 0.141 e. The van der Waals surface area contributed by atoms with Crippen molar-refractivity contribution in [3.05, 3.63) is 59.3 Å². The highest BCUT2D eigenvalue weighted by molar-refractivity contribution is 7.17. The topological polar surface area (TPSA) is 97.7 Å². The third-order valence-corrected chi connectivity index (χ3v) is 6.28. The minimum Gasteiger partial charge on any atom is -0.494 e. The fraction of sp³-hybridized carbons (Fsp3) is 0.350. The molecule has 0 amide bonds. The Morgan fingerprint density at radius 1 is 1.24 bits per heavy atom. The summed E-state index contributed by atoms with van der Waals surface area (Å²) in [6.45, 7) is 0.586. The predicted octanol–water partition coefficient (Wildman–Crippen LogP) is 2.70. The summed E-state index contributed by atoms with van der Waals surface area (Å²) in [5, 5.41) is 28.3. The number of aromatic nitrogens is 5. The third-order valence-electron chi connectivity index (χ3n) is 5.00. The second-order valence-corrected chi connectivity index (χ2v) is 8.20. The molecular weight excluding hydrogens is 390 g/mol. The van der Waals surface area contributed by atoms with Gasteiger partial charge in [-0.25, -0.2) is 9.67 Å². The van der Waals surface area contributed by atoms with Crippen LogP contribution in [-0.2, 0) is 0 Å². The minimum absolute atomic E-state index is 0.111. The Hall–Kier alpha value is -2.75. The lowest BCUT2D eigenvalue weighted by Crippen LogP contribution is -2.06. The number of hydrogen-bond donors (Lipinski definition) is 2. The highest BCUT2D eigenvalue weighted by Crippen LogP contribution is 2.47. The molecule has 0 spiro atoms. The number of ether oxygens (including phenoxy) is 1. The summed E-state index contributed by atoms with van der Waals surface area (Å²) in [6, 6.07) is 7.47. The number of nitrogens with zero attached hydrogens (tertiary/aromatic N) is 5. The Morgan fingerprint density at radius 2 is 2.07 bits per heavy atom. The first-order valence-electron chi connectivity index (χ1n) is 9.63. The van der Waals surface area contributed by atoms with Crippen LogP contribution in [0.2, 0.25) is 0 Å². The van der Waals surface area contributed by atoms with Gasteiger partial charge < -0.3 is 14.9 Å².